The van der Waals surface area contributed by atoms with Gasteiger partial charge in [0, 0.05) is 12.6 Å². The molecule has 0 spiro atoms. The molecule has 12 heavy (non-hydrogen) atoms. The summed E-state index contributed by atoms with van der Waals surface area (Å²) in [6, 6.07) is 0.961. The molecule has 2 bridgehead atoms. The van der Waals surface area contributed by atoms with Crippen molar-refractivity contribution in [2.45, 2.75) is 38.6 Å². The van der Waals surface area contributed by atoms with Crippen molar-refractivity contribution in [2.75, 3.05) is 13.6 Å². The van der Waals surface area contributed by atoms with E-state index in [0.717, 1.165) is 17.9 Å². The molecule has 0 N–H and O–H groups in total. The van der Waals surface area contributed by atoms with Crippen LogP contribution in [0.1, 0.15) is 32.6 Å². The molecule has 0 radical (unpaired) electrons. The summed E-state index contributed by atoms with van der Waals surface area (Å²) in [5.74, 6) is 2.17. The van der Waals surface area contributed by atoms with E-state index in [1.165, 1.54) is 32.2 Å². The summed E-state index contributed by atoms with van der Waals surface area (Å²) < 4.78 is 0. The van der Waals surface area contributed by atoms with Gasteiger partial charge in [0.25, 0.3) is 0 Å². The van der Waals surface area contributed by atoms with Crippen LogP contribution in [0.5, 0.6) is 0 Å². The highest BCUT2D eigenvalue weighted by Gasteiger charge is 2.58. The van der Waals surface area contributed by atoms with Gasteiger partial charge in [0.2, 0.25) is 0 Å². The Bertz CT molecular complexity index is 213. The average molecular weight is 165 g/mol. The lowest BCUT2D eigenvalue weighted by atomic mass is 9.77. The van der Waals surface area contributed by atoms with Gasteiger partial charge in [-0.05, 0) is 43.6 Å². The fourth-order valence-electron chi connectivity index (χ4n) is 4.45. The average Bonchev–Trinajstić information content (AvgIpc) is 2.57. The summed E-state index contributed by atoms with van der Waals surface area (Å²) >= 11 is 0. The molecule has 2 aliphatic carbocycles. The molecule has 3 fully saturated rings. The van der Waals surface area contributed by atoms with Crippen LogP contribution in [0.4, 0.5) is 0 Å². The lowest BCUT2D eigenvalue weighted by molar-refractivity contribution is 0.105. The van der Waals surface area contributed by atoms with Crippen LogP contribution in [-0.4, -0.2) is 24.5 Å². The van der Waals surface area contributed by atoms with Gasteiger partial charge in [0.15, 0.2) is 0 Å². The van der Waals surface area contributed by atoms with E-state index in [2.05, 4.69) is 18.9 Å². The van der Waals surface area contributed by atoms with Crippen molar-refractivity contribution in [3.63, 3.8) is 0 Å². The maximum atomic E-state index is 2.62. The number of rotatable bonds is 0. The number of hydrogen-bond acceptors (Lipinski definition) is 1. The van der Waals surface area contributed by atoms with Crippen LogP contribution in [-0.2, 0) is 0 Å². The molecule has 68 valence electrons. The van der Waals surface area contributed by atoms with Gasteiger partial charge in [-0.1, -0.05) is 13.3 Å². The van der Waals surface area contributed by atoms with Crippen molar-refractivity contribution >= 4 is 0 Å². The van der Waals surface area contributed by atoms with Gasteiger partial charge in [-0.25, -0.2) is 0 Å². The first kappa shape index (κ1) is 7.37. The molecule has 0 aromatic carbocycles. The third-order valence-electron chi connectivity index (χ3n) is 4.81. The predicted octanol–water partition coefficient (Wildman–Crippen LogP) is 2.13. The minimum absolute atomic E-state index is 0.709. The van der Waals surface area contributed by atoms with E-state index in [0.29, 0.717) is 5.41 Å². The SMILES string of the molecule is CN1CC2(C)CC1C1CCCC12. The quantitative estimate of drug-likeness (QED) is 0.531. The largest absolute Gasteiger partial charge is 0.303 e. The smallest absolute Gasteiger partial charge is 0.0129 e. The zero-order valence-corrected chi connectivity index (χ0v) is 8.21. The van der Waals surface area contributed by atoms with Crippen LogP contribution in [0.15, 0.2) is 0 Å². The van der Waals surface area contributed by atoms with Crippen molar-refractivity contribution in [1.29, 1.82) is 0 Å². The molecule has 3 rings (SSSR count). The number of likely N-dealkylation sites (tertiary alicyclic amines) is 1. The highest BCUT2D eigenvalue weighted by Crippen LogP contribution is 2.60. The van der Waals surface area contributed by atoms with Gasteiger partial charge in [0.05, 0.1) is 0 Å². The zero-order valence-electron chi connectivity index (χ0n) is 8.21. The Morgan fingerprint density at radius 1 is 1.33 bits per heavy atom. The zero-order chi connectivity index (χ0) is 8.34. The second-order valence-electron chi connectivity index (χ2n) is 5.54. The topological polar surface area (TPSA) is 3.24 Å². The van der Waals surface area contributed by atoms with Crippen molar-refractivity contribution in [1.82, 2.24) is 4.90 Å². The predicted molar refractivity (Wildman–Crippen MR) is 50.0 cm³/mol. The minimum Gasteiger partial charge on any atom is -0.303 e. The van der Waals surface area contributed by atoms with Gasteiger partial charge in [0.1, 0.15) is 0 Å². The molecule has 1 heterocycles. The van der Waals surface area contributed by atoms with E-state index in [4.69, 9.17) is 0 Å². The monoisotopic (exact) mass is 165 g/mol. The molecule has 4 atom stereocenters. The van der Waals surface area contributed by atoms with E-state index in [1.807, 2.05) is 0 Å². The van der Waals surface area contributed by atoms with Crippen LogP contribution >= 0.6 is 0 Å². The molecule has 2 saturated carbocycles. The van der Waals surface area contributed by atoms with Crippen molar-refractivity contribution < 1.29 is 0 Å². The minimum atomic E-state index is 0.709. The Hall–Kier alpha value is -0.0400. The molecule has 4 unspecified atom stereocenters. The Labute approximate surface area is 75.1 Å². The molecule has 1 saturated heterocycles. The number of piperidine rings is 1. The number of fused-ring (bicyclic) bond motifs is 5. The van der Waals surface area contributed by atoms with E-state index < -0.39 is 0 Å². The summed E-state index contributed by atoms with van der Waals surface area (Å²) in [6.45, 7) is 3.90. The first-order chi connectivity index (χ1) is 5.71. The highest BCUT2D eigenvalue weighted by atomic mass is 15.2. The molecular formula is C11H19N. The fraction of sp³-hybridized carbons (Fsp3) is 1.00. The normalized spacial score (nSPS) is 58.0. The molecule has 1 aliphatic heterocycles. The Morgan fingerprint density at radius 2 is 2.17 bits per heavy atom. The summed E-state index contributed by atoms with van der Waals surface area (Å²) in [5.41, 5.74) is 0.709. The first-order valence-electron chi connectivity index (χ1n) is 5.41. The standard InChI is InChI=1S/C11H19N/c1-11-6-10(12(2)7-11)8-4-3-5-9(8)11/h8-10H,3-7H2,1-2H3. The van der Waals surface area contributed by atoms with E-state index in [9.17, 15) is 0 Å². The second kappa shape index (κ2) is 2.06. The first-order valence-corrected chi connectivity index (χ1v) is 5.41. The Kier molecular flexibility index (Phi) is 1.27. The van der Waals surface area contributed by atoms with Crippen molar-refractivity contribution in [2.24, 2.45) is 17.3 Å². The summed E-state index contributed by atoms with van der Waals surface area (Å²) in [6.07, 6.45) is 6.06. The van der Waals surface area contributed by atoms with Crippen LogP contribution in [0.2, 0.25) is 0 Å². The van der Waals surface area contributed by atoms with Crippen LogP contribution < -0.4 is 0 Å². The molecule has 1 nitrogen and oxygen atoms in total. The van der Waals surface area contributed by atoms with Crippen LogP contribution in [0, 0.1) is 17.3 Å². The van der Waals surface area contributed by atoms with Crippen LogP contribution in [0.3, 0.4) is 0 Å². The molecule has 3 aliphatic rings. The molecule has 1 heteroatoms. The maximum Gasteiger partial charge on any atom is 0.0129 e. The van der Waals surface area contributed by atoms with Gasteiger partial charge in [-0.15, -0.1) is 0 Å². The van der Waals surface area contributed by atoms with Crippen molar-refractivity contribution in [3.05, 3.63) is 0 Å². The van der Waals surface area contributed by atoms with Gasteiger partial charge >= 0.3 is 0 Å². The molecular weight excluding hydrogens is 146 g/mol. The van der Waals surface area contributed by atoms with Crippen LogP contribution in [0.25, 0.3) is 0 Å². The molecule has 0 aromatic heterocycles. The third-order valence-corrected chi connectivity index (χ3v) is 4.81. The van der Waals surface area contributed by atoms with Crippen molar-refractivity contribution in [3.8, 4) is 0 Å². The Balaban J connectivity index is 1.97. The fourth-order valence-corrected chi connectivity index (χ4v) is 4.45. The van der Waals surface area contributed by atoms with E-state index in [1.54, 1.807) is 0 Å². The summed E-state index contributed by atoms with van der Waals surface area (Å²) in [5, 5.41) is 0. The van der Waals surface area contributed by atoms with Gasteiger partial charge in [-0.2, -0.15) is 0 Å². The van der Waals surface area contributed by atoms with Gasteiger partial charge < -0.3 is 4.90 Å². The van der Waals surface area contributed by atoms with E-state index >= 15 is 0 Å². The summed E-state index contributed by atoms with van der Waals surface area (Å²) in [7, 11) is 2.32. The van der Waals surface area contributed by atoms with Gasteiger partial charge in [-0.3, -0.25) is 0 Å². The molecule has 0 amide bonds. The summed E-state index contributed by atoms with van der Waals surface area (Å²) in [4.78, 5) is 2.62. The lowest BCUT2D eigenvalue weighted by Crippen LogP contribution is -2.41. The number of hydrogen-bond donors (Lipinski definition) is 0. The number of nitrogens with zero attached hydrogens (tertiary/aromatic N) is 1. The van der Waals surface area contributed by atoms with E-state index in [-0.39, 0.29) is 0 Å². The Morgan fingerprint density at radius 3 is 3.00 bits per heavy atom. The highest BCUT2D eigenvalue weighted by molar-refractivity contribution is 5.10. The second-order valence-corrected chi connectivity index (χ2v) is 5.54. The molecule has 0 aromatic rings. The lowest BCUT2D eigenvalue weighted by Gasteiger charge is -2.37. The maximum absolute atomic E-state index is 2.62. The third kappa shape index (κ3) is 0.693.